The van der Waals surface area contributed by atoms with Crippen molar-refractivity contribution in [3.05, 3.63) is 0 Å². The van der Waals surface area contributed by atoms with Gasteiger partial charge in [-0.25, -0.2) is 0 Å². The van der Waals surface area contributed by atoms with Crippen LogP contribution >= 0.6 is 0 Å². The van der Waals surface area contributed by atoms with Crippen molar-refractivity contribution in [1.29, 1.82) is 0 Å². The first kappa shape index (κ1) is 20.0. The van der Waals surface area contributed by atoms with Gasteiger partial charge in [0.1, 0.15) is 18.3 Å². The fourth-order valence-electron chi connectivity index (χ4n) is 3.44. The average molecular weight is 348 g/mol. The van der Waals surface area contributed by atoms with E-state index in [1.165, 1.54) is 6.42 Å². The van der Waals surface area contributed by atoms with E-state index in [1.54, 1.807) is 0 Å². The molecular formula is C17H32O7. The van der Waals surface area contributed by atoms with Crippen LogP contribution in [0.3, 0.4) is 0 Å². The molecule has 1 saturated heterocycles. The second-order valence-electron chi connectivity index (χ2n) is 7.16. The molecule has 4 N–H and O–H groups in total. The number of aliphatic hydroxyl groups is 4. The van der Waals surface area contributed by atoms with Crippen molar-refractivity contribution in [3.8, 4) is 0 Å². The van der Waals surface area contributed by atoms with Crippen molar-refractivity contribution in [2.45, 2.75) is 69.0 Å². The monoisotopic (exact) mass is 348 g/mol. The zero-order chi connectivity index (χ0) is 17.6. The minimum absolute atomic E-state index is 0.00832. The van der Waals surface area contributed by atoms with Crippen molar-refractivity contribution in [2.24, 2.45) is 5.92 Å². The number of aliphatic hydroxyl groups excluding tert-OH is 4. The minimum atomic E-state index is -0.892. The molecule has 0 aromatic carbocycles. The summed E-state index contributed by atoms with van der Waals surface area (Å²) in [7, 11) is 0. The molecule has 4 atom stereocenters. The van der Waals surface area contributed by atoms with Crippen LogP contribution in [0.5, 0.6) is 0 Å². The molecule has 2 aliphatic rings. The van der Waals surface area contributed by atoms with Crippen LogP contribution in [0.2, 0.25) is 0 Å². The lowest BCUT2D eigenvalue weighted by molar-refractivity contribution is -0.230. The molecule has 1 spiro atoms. The SMILES string of the molecule is C[C@@H]1CCC2(CCC2)OC1C(CO)OCC(O)COC(CO)CO. The topological polar surface area (TPSA) is 109 Å². The van der Waals surface area contributed by atoms with Gasteiger partial charge in [-0.2, -0.15) is 0 Å². The molecule has 2 fully saturated rings. The van der Waals surface area contributed by atoms with E-state index >= 15 is 0 Å². The number of hydrogen-bond donors (Lipinski definition) is 4. The molecule has 0 bridgehead atoms. The molecule has 1 saturated carbocycles. The standard InChI is InChI=1S/C17H32O7/c1-12-3-6-17(4-2-5-17)24-16(12)15(9-20)23-11-13(21)10-22-14(7-18)8-19/h12-16,18-21H,2-11H2,1H3/t12-,13?,15?,16?/m1/s1. The van der Waals surface area contributed by atoms with Crippen molar-refractivity contribution < 1.29 is 34.6 Å². The van der Waals surface area contributed by atoms with E-state index < -0.39 is 18.3 Å². The Morgan fingerprint density at radius 1 is 1.04 bits per heavy atom. The van der Waals surface area contributed by atoms with Gasteiger partial charge in [0.2, 0.25) is 0 Å². The summed E-state index contributed by atoms with van der Waals surface area (Å²) in [6.07, 6.45) is 3.25. The van der Waals surface area contributed by atoms with E-state index in [0.29, 0.717) is 5.92 Å². The van der Waals surface area contributed by atoms with Crippen molar-refractivity contribution in [3.63, 3.8) is 0 Å². The van der Waals surface area contributed by atoms with Crippen LogP contribution in [0.4, 0.5) is 0 Å². The van der Waals surface area contributed by atoms with Crippen LogP contribution in [-0.4, -0.2) is 83.5 Å². The molecule has 0 aromatic heterocycles. The molecular weight excluding hydrogens is 316 g/mol. The van der Waals surface area contributed by atoms with Crippen LogP contribution in [-0.2, 0) is 14.2 Å². The van der Waals surface area contributed by atoms with Crippen LogP contribution in [0, 0.1) is 5.92 Å². The van der Waals surface area contributed by atoms with Gasteiger partial charge in [-0.3, -0.25) is 0 Å². The van der Waals surface area contributed by atoms with Crippen LogP contribution in [0.15, 0.2) is 0 Å². The zero-order valence-corrected chi connectivity index (χ0v) is 14.5. The van der Waals surface area contributed by atoms with E-state index in [0.717, 1.165) is 25.7 Å². The summed E-state index contributed by atoms with van der Waals surface area (Å²) in [5.41, 5.74) is -0.0227. The quantitative estimate of drug-likeness (QED) is 0.434. The highest BCUT2D eigenvalue weighted by Crippen LogP contribution is 2.46. The summed E-state index contributed by atoms with van der Waals surface area (Å²) in [5, 5.41) is 37.5. The summed E-state index contributed by atoms with van der Waals surface area (Å²) < 4.78 is 17.1. The van der Waals surface area contributed by atoms with Gasteiger partial charge in [0.15, 0.2) is 0 Å². The third kappa shape index (κ3) is 5.11. The maximum Gasteiger partial charge on any atom is 0.107 e. The second-order valence-corrected chi connectivity index (χ2v) is 7.16. The summed E-state index contributed by atoms with van der Waals surface area (Å²) in [5.74, 6) is 0.301. The van der Waals surface area contributed by atoms with Gasteiger partial charge >= 0.3 is 0 Å². The summed E-state index contributed by atoms with van der Waals surface area (Å²) in [4.78, 5) is 0. The lowest BCUT2D eigenvalue weighted by atomic mass is 9.72. The Bertz CT molecular complexity index is 357. The van der Waals surface area contributed by atoms with Gasteiger partial charge in [0, 0.05) is 0 Å². The highest BCUT2D eigenvalue weighted by atomic mass is 16.6. The summed E-state index contributed by atoms with van der Waals surface area (Å²) in [6.45, 7) is 1.30. The Morgan fingerprint density at radius 2 is 1.71 bits per heavy atom. The van der Waals surface area contributed by atoms with Gasteiger partial charge in [0.05, 0.1) is 44.7 Å². The van der Waals surface area contributed by atoms with Gasteiger partial charge in [0.25, 0.3) is 0 Å². The molecule has 1 heterocycles. The van der Waals surface area contributed by atoms with E-state index in [9.17, 15) is 10.2 Å². The number of ether oxygens (including phenoxy) is 3. The van der Waals surface area contributed by atoms with Crippen LogP contribution in [0.25, 0.3) is 0 Å². The average Bonchev–Trinajstić information content (AvgIpc) is 2.56. The molecule has 1 aliphatic heterocycles. The summed E-state index contributed by atoms with van der Waals surface area (Å²) >= 11 is 0. The second kappa shape index (κ2) is 9.43. The highest BCUT2D eigenvalue weighted by molar-refractivity contribution is 4.96. The fourth-order valence-corrected chi connectivity index (χ4v) is 3.44. The highest BCUT2D eigenvalue weighted by Gasteiger charge is 2.46. The molecule has 0 aromatic rings. The first-order chi connectivity index (χ1) is 11.5. The van der Waals surface area contributed by atoms with Crippen molar-refractivity contribution >= 4 is 0 Å². The molecule has 1 aliphatic carbocycles. The molecule has 3 unspecified atom stereocenters. The number of hydrogen-bond acceptors (Lipinski definition) is 7. The van der Waals surface area contributed by atoms with E-state index in [-0.39, 0.29) is 44.7 Å². The van der Waals surface area contributed by atoms with Gasteiger partial charge in [-0.15, -0.1) is 0 Å². The molecule has 0 amide bonds. The third-order valence-electron chi connectivity index (χ3n) is 5.25. The van der Waals surface area contributed by atoms with Crippen LogP contribution < -0.4 is 0 Å². The number of rotatable bonds is 10. The van der Waals surface area contributed by atoms with Gasteiger partial charge in [-0.1, -0.05) is 6.92 Å². The van der Waals surface area contributed by atoms with E-state index in [1.807, 2.05) is 0 Å². The molecule has 24 heavy (non-hydrogen) atoms. The Labute approximate surface area is 143 Å². The maximum atomic E-state index is 9.92. The van der Waals surface area contributed by atoms with Gasteiger partial charge in [-0.05, 0) is 38.0 Å². The Kier molecular flexibility index (Phi) is 7.87. The largest absolute Gasteiger partial charge is 0.394 e. The third-order valence-corrected chi connectivity index (χ3v) is 5.25. The van der Waals surface area contributed by atoms with Gasteiger partial charge < -0.3 is 34.6 Å². The van der Waals surface area contributed by atoms with Crippen LogP contribution in [0.1, 0.15) is 39.0 Å². The fraction of sp³-hybridized carbons (Fsp3) is 1.00. The van der Waals surface area contributed by atoms with E-state index in [4.69, 9.17) is 24.4 Å². The normalized spacial score (nSPS) is 28.8. The predicted molar refractivity (Wildman–Crippen MR) is 86.6 cm³/mol. The Hall–Kier alpha value is -0.280. The predicted octanol–water partition coefficient (Wildman–Crippen LogP) is -0.168. The Morgan fingerprint density at radius 3 is 2.25 bits per heavy atom. The van der Waals surface area contributed by atoms with Crippen molar-refractivity contribution in [2.75, 3.05) is 33.0 Å². The molecule has 142 valence electrons. The molecule has 0 radical (unpaired) electrons. The van der Waals surface area contributed by atoms with E-state index in [2.05, 4.69) is 6.92 Å². The molecule has 7 nitrogen and oxygen atoms in total. The Balaban J connectivity index is 1.78. The van der Waals surface area contributed by atoms with Crippen molar-refractivity contribution in [1.82, 2.24) is 0 Å². The molecule has 2 rings (SSSR count). The lowest BCUT2D eigenvalue weighted by Crippen LogP contribution is -2.54. The first-order valence-electron chi connectivity index (χ1n) is 8.95. The lowest BCUT2D eigenvalue weighted by Gasteiger charge is -2.51. The zero-order valence-electron chi connectivity index (χ0n) is 14.5. The summed E-state index contributed by atoms with van der Waals surface area (Å²) in [6, 6.07) is 0. The minimum Gasteiger partial charge on any atom is -0.394 e. The first-order valence-corrected chi connectivity index (χ1v) is 8.95. The smallest absolute Gasteiger partial charge is 0.107 e. The maximum absolute atomic E-state index is 9.92. The molecule has 7 heteroatoms.